The molecule has 2 aromatic heterocycles. The molecule has 0 fully saturated rings. The van der Waals surface area contributed by atoms with Gasteiger partial charge in [-0.1, -0.05) is 0 Å². The fraction of sp³-hybridized carbons (Fsp3) is 0.267. The van der Waals surface area contributed by atoms with Gasteiger partial charge in [-0.2, -0.15) is 0 Å². The monoisotopic (exact) mass is 331 g/mol. The molecular formula is C15H17N5O2S. The van der Waals surface area contributed by atoms with Crippen molar-refractivity contribution >= 4 is 26.6 Å². The van der Waals surface area contributed by atoms with Crippen LogP contribution in [0.3, 0.4) is 0 Å². The van der Waals surface area contributed by atoms with E-state index in [0.717, 1.165) is 13.0 Å². The number of hydrogen-bond donors (Lipinski definition) is 1. The second-order valence-corrected chi connectivity index (χ2v) is 7.27. The van der Waals surface area contributed by atoms with Crippen LogP contribution in [0.2, 0.25) is 0 Å². The van der Waals surface area contributed by atoms with Crippen LogP contribution in [0.1, 0.15) is 6.42 Å². The number of anilines is 1. The summed E-state index contributed by atoms with van der Waals surface area (Å²) >= 11 is 0. The van der Waals surface area contributed by atoms with Crippen molar-refractivity contribution < 1.29 is 8.42 Å². The van der Waals surface area contributed by atoms with E-state index in [4.69, 9.17) is 0 Å². The quantitative estimate of drug-likeness (QED) is 0.692. The lowest BCUT2D eigenvalue weighted by Gasteiger charge is -2.09. The Bertz CT molecular complexity index is 907. The number of aryl methyl sites for hydroxylation is 1. The molecule has 23 heavy (non-hydrogen) atoms. The van der Waals surface area contributed by atoms with Crippen molar-refractivity contribution in [3.8, 4) is 0 Å². The summed E-state index contributed by atoms with van der Waals surface area (Å²) in [6.45, 7) is 1.57. The minimum Gasteiger partial charge on any atom is -0.369 e. The lowest BCUT2D eigenvalue weighted by atomic mass is 10.2. The number of nitrogens with zero attached hydrogens (tertiary/aromatic N) is 4. The molecular weight excluding hydrogens is 314 g/mol. The van der Waals surface area contributed by atoms with Crippen molar-refractivity contribution in [2.75, 3.05) is 18.1 Å². The molecule has 0 saturated carbocycles. The van der Waals surface area contributed by atoms with E-state index in [9.17, 15) is 8.42 Å². The summed E-state index contributed by atoms with van der Waals surface area (Å²) in [7, 11) is -3.26. The molecule has 120 valence electrons. The minimum absolute atomic E-state index is 0.265. The van der Waals surface area contributed by atoms with Crippen LogP contribution in [0.5, 0.6) is 0 Å². The Labute approximate surface area is 134 Å². The number of benzene rings is 1. The first-order valence-electron chi connectivity index (χ1n) is 7.18. The molecule has 0 aliphatic rings. The molecule has 1 aromatic carbocycles. The molecule has 8 heteroatoms. The van der Waals surface area contributed by atoms with Gasteiger partial charge in [-0.25, -0.2) is 23.4 Å². The lowest BCUT2D eigenvalue weighted by Crippen LogP contribution is -2.08. The highest BCUT2D eigenvalue weighted by Crippen LogP contribution is 2.22. The van der Waals surface area contributed by atoms with Crippen LogP contribution in [-0.4, -0.2) is 40.7 Å². The predicted octanol–water partition coefficient (Wildman–Crippen LogP) is 1.73. The zero-order valence-corrected chi connectivity index (χ0v) is 13.5. The third-order valence-electron chi connectivity index (χ3n) is 3.48. The van der Waals surface area contributed by atoms with Gasteiger partial charge in [-0.05, 0) is 24.6 Å². The zero-order valence-electron chi connectivity index (χ0n) is 12.7. The second kappa shape index (κ2) is 6.33. The fourth-order valence-corrected chi connectivity index (χ4v) is 2.94. The molecule has 1 N–H and O–H groups in total. The normalized spacial score (nSPS) is 11.7. The Kier molecular flexibility index (Phi) is 4.24. The Hall–Kier alpha value is -2.48. The summed E-state index contributed by atoms with van der Waals surface area (Å²) in [5.74, 6) is 0.645. The molecule has 0 radical (unpaired) electrons. The first-order valence-corrected chi connectivity index (χ1v) is 9.07. The smallest absolute Gasteiger partial charge is 0.175 e. The largest absolute Gasteiger partial charge is 0.369 e. The van der Waals surface area contributed by atoms with Crippen molar-refractivity contribution in [3.05, 3.63) is 43.2 Å². The second-order valence-electron chi connectivity index (χ2n) is 5.25. The molecule has 0 amide bonds. The first kappa shape index (κ1) is 15.4. The van der Waals surface area contributed by atoms with E-state index in [1.165, 1.54) is 12.6 Å². The van der Waals surface area contributed by atoms with Crippen LogP contribution in [0, 0.1) is 0 Å². The maximum atomic E-state index is 11.7. The van der Waals surface area contributed by atoms with E-state index in [1.54, 1.807) is 30.7 Å². The molecule has 0 aliphatic heterocycles. The number of aromatic nitrogens is 4. The summed E-state index contributed by atoms with van der Waals surface area (Å²) in [5.41, 5.74) is 0.713. The van der Waals surface area contributed by atoms with Crippen LogP contribution < -0.4 is 5.32 Å². The fourth-order valence-electron chi connectivity index (χ4n) is 2.29. The van der Waals surface area contributed by atoms with Crippen LogP contribution in [-0.2, 0) is 16.4 Å². The van der Waals surface area contributed by atoms with Gasteiger partial charge in [0.15, 0.2) is 9.84 Å². The van der Waals surface area contributed by atoms with E-state index in [0.29, 0.717) is 23.3 Å². The van der Waals surface area contributed by atoms with Gasteiger partial charge in [-0.3, -0.25) is 0 Å². The average molecular weight is 331 g/mol. The summed E-state index contributed by atoms with van der Waals surface area (Å²) < 4.78 is 25.4. The highest BCUT2D eigenvalue weighted by atomic mass is 32.2. The summed E-state index contributed by atoms with van der Waals surface area (Å²) in [6.07, 6.45) is 9.00. The number of imidazole rings is 1. The van der Waals surface area contributed by atoms with E-state index in [-0.39, 0.29) is 4.90 Å². The molecule has 0 atom stereocenters. The van der Waals surface area contributed by atoms with Gasteiger partial charge in [0.1, 0.15) is 12.1 Å². The van der Waals surface area contributed by atoms with Crippen molar-refractivity contribution in [1.82, 2.24) is 19.5 Å². The molecule has 3 rings (SSSR count). The Balaban J connectivity index is 1.77. The number of hydrogen-bond acceptors (Lipinski definition) is 6. The van der Waals surface area contributed by atoms with Gasteiger partial charge < -0.3 is 9.88 Å². The maximum Gasteiger partial charge on any atom is 0.175 e. The van der Waals surface area contributed by atoms with E-state index in [2.05, 4.69) is 20.3 Å². The van der Waals surface area contributed by atoms with Gasteiger partial charge in [-0.15, -0.1) is 0 Å². The first-order chi connectivity index (χ1) is 11.0. The highest BCUT2D eigenvalue weighted by Gasteiger charge is 2.10. The van der Waals surface area contributed by atoms with E-state index >= 15 is 0 Å². The molecule has 2 heterocycles. The van der Waals surface area contributed by atoms with Crippen LogP contribution in [0.15, 0.2) is 48.1 Å². The molecule has 0 spiro atoms. The molecule has 0 bridgehead atoms. The standard InChI is InChI=1S/C15H17N5O2S/c1-23(21,22)12-3-4-14-13(9-12)15(19-10-18-14)17-5-2-7-20-8-6-16-11-20/h3-4,6,8-11H,2,5,7H2,1H3,(H,17,18,19). The van der Waals surface area contributed by atoms with Crippen molar-refractivity contribution in [2.45, 2.75) is 17.9 Å². The SMILES string of the molecule is CS(=O)(=O)c1ccc2ncnc(NCCCn3ccnc3)c2c1. The number of nitrogens with one attached hydrogen (secondary N) is 1. The van der Waals surface area contributed by atoms with Gasteiger partial charge in [0.2, 0.25) is 0 Å². The average Bonchev–Trinajstić information content (AvgIpc) is 3.03. The van der Waals surface area contributed by atoms with E-state index < -0.39 is 9.84 Å². The maximum absolute atomic E-state index is 11.7. The van der Waals surface area contributed by atoms with Crippen LogP contribution in [0.4, 0.5) is 5.82 Å². The van der Waals surface area contributed by atoms with Crippen molar-refractivity contribution in [1.29, 1.82) is 0 Å². The summed E-state index contributed by atoms with van der Waals surface area (Å²) in [6, 6.07) is 4.88. The molecule has 7 nitrogen and oxygen atoms in total. The summed E-state index contributed by atoms with van der Waals surface area (Å²) in [5, 5.41) is 3.96. The Morgan fingerprint density at radius 1 is 1.26 bits per heavy atom. The van der Waals surface area contributed by atoms with Gasteiger partial charge >= 0.3 is 0 Å². The number of fused-ring (bicyclic) bond motifs is 1. The van der Waals surface area contributed by atoms with Gasteiger partial charge in [0, 0.05) is 37.1 Å². The van der Waals surface area contributed by atoms with Crippen LogP contribution in [0.25, 0.3) is 10.9 Å². The van der Waals surface area contributed by atoms with Crippen molar-refractivity contribution in [2.24, 2.45) is 0 Å². The van der Waals surface area contributed by atoms with Crippen LogP contribution >= 0.6 is 0 Å². The van der Waals surface area contributed by atoms with E-state index in [1.807, 2.05) is 10.8 Å². The predicted molar refractivity (Wildman–Crippen MR) is 88.0 cm³/mol. The van der Waals surface area contributed by atoms with Crippen molar-refractivity contribution in [3.63, 3.8) is 0 Å². The Morgan fingerprint density at radius 3 is 2.87 bits per heavy atom. The topological polar surface area (TPSA) is 89.8 Å². The minimum atomic E-state index is -3.26. The zero-order chi connectivity index (χ0) is 16.3. The van der Waals surface area contributed by atoms with Gasteiger partial charge in [0.25, 0.3) is 0 Å². The third kappa shape index (κ3) is 3.65. The summed E-state index contributed by atoms with van der Waals surface area (Å²) in [4.78, 5) is 12.7. The molecule has 0 saturated heterocycles. The number of sulfone groups is 1. The Morgan fingerprint density at radius 2 is 2.13 bits per heavy atom. The molecule has 3 aromatic rings. The molecule has 0 unspecified atom stereocenters. The lowest BCUT2D eigenvalue weighted by molar-refractivity contribution is 0.602. The third-order valence-corrected chi connectivity index (χ3v) is 4.59. The number of rotatable bonds is 6. The van der Waals surface area contributed by atoms with Gasteiger partial charge in [0.05, 0.1) is 16.7 Å². The molecule has 0 aliphatic carbocycles. The highest BCUT2D eigenvalue weighted by molar-refractivity contribution is 7.90.